The van der Waals surface area contributed by atoms with Crippen molar-refractivity contribution >= 4 is 23.2 Å². The van der Waals surface area contributed by atoms with Crippen LogP contribution in [0.4, 0.5) is 11.6 Å². The van der Waals surface area contributed by atoms with Crippen LogP contribution in [0.5, 0.6) is 5.75 Å². The largest absolute Gasteiger partial charge is 0.495 e. The second-order valence-corrected chi connectivity index (χ2v) is 4.78. The molecule has 0 spiro atoms. The smallest absolute Gasteiger partial charge is 0.207 e. The van der Waals surface area contributed by atoms with Crippen LogP contribution in [0, 0.1) is 6.92 Å². The molecule has 0 radical (unpaired) electrons. The first-order chi connectivity index (χ1) is 9.13. The van der Waals surface area contributed by atoms with Gasteiger partial charge in [-0.2, -0.15) is 0 Å². The summed E-state index contributed by atoms with van der Waals surface area (Å²) in [4.78, 5) is 4.48. The number of anilines is 2. The van der Waals surface area contributed by atoms with Crippen molar-refractivity contribution in [3.05, 3.63) is 35.1 Å². The number of aryl methyl sites for hydroxylation is 2. The van der Waals surface area contributed by atoms with E-state index in [1.807, 2.05) is 31.3 Å². The molecule has 0 aliphatic heterocycles. The highest BCUT2D eigenvalue weighted by Gasteiger charge is 2.07. The van der Waals surface area contributed by atoms with Crippen LogP contribution < -0.4 is 10.1 Å². The van der Waals surface area contributed by atoms with E-state index in [2.05, 4.69) is 21.8 Å². The Morgan fingerprint density at radius 2 is 2.21 bits per heavy atom. The third-order valence-electron chi connectivity index (χ3n) is 2.77. The number of benzene rings is 1. The van der Waals surface area contributed by atoms with Gasteiger partial charge in [0.15, 0.2) is 0 Å². The van der Waals surface area contributed by atoms with Crippen LogP contribution in [0.2, 0.25) is 5.02 Å². The van der Waals surface area contributed by atoms with E-state index in [0.717, 1.165) is 30.3 Å². The molecule has 0 unspecified atom stereocenters. The number of rotatable bonds is 5. The number of halogens is 1. The quantitative estimate of drug-likeness (QED) is 0.899. The highest BCUT2D eigenvalue weighted by atomic mass is 35.5. The molecule has 5 heteroatoms. The predicted octanol–water partition coefficient (Wildman–Crippen LogP) is 4.01. The van der Waals surface area contributed by atoms with Gasteiger partial charge < -0.3 is 14.6 Å². The van der Waals surface area contributed by atoms with Gasteiger partial charge in [0.2, 0.25) is 5.95 Å². The Kier molecular flexibility index (Phi) is 4.32. The Bertz CT molecular complexity index is 566. The maximum absolute atomic E-state index is 6.01. The molecule has 102 valence electrons. The van der Waals surface area contributed by atoms with E-state index in [9.17, 15) is 0 Å². The number of methoxy groups -OCH3 is 1. The van der Waals surface area contributed by atoms with Gasteiger partial charge in [0.05, 0.1) is 17.8 Å². The summed E-state index contributed by atoms with van der Waals surface area (Å²) >= 11 is 6.01. The molecule has 1 N–H and O–H groups in total. The lowest BCUT2D eigenvalue weighted by atomic mass is 10.3. The van der Waals surface area contributed by atoms with Crippen LogP contribution in [-0.2, 0) is 6.54 Å². The fourth-order valence-electron chi connectivity index (χ4n) is 1.92. The first-order valence-corrected chi connectivity index (χ1v) is 6.66. The second-order valence-electron chi connectivity index (χ2n) is 4.37. The van der Waals surface area contributed by atoms with E-state index >= 15 is 0 Å². The molecule has 0 saturated heterocycles. The lowest BCUT2D eigenvalue weighted by Gasteiger charge is -2.10. The van der Waals surface area contributed by atoms with Gasteiger partial charge >= 0.3 is 0 Å². The highest BCUT2D eigenvalue weighted by Crippen LogP contribution is 2.28. The Labute approximate surface area is 118 Å². The molecule has 2 rings (SSSR count). The van der Waals surface area contributed by atoms with E-state index in [-0.39, 0.29) is 0 Å². The minimum absolute atomic E-state index is 0.598. The Balaban J connectivity index is 2.25. The van der Waals surface area contributed by atoms with Crippen molar-refractivity contribution < 1.29 is 4.74 Å². The summed E-state index contributed by atoms with van der Waals surface area (Å²) in [7, 11) is 1.60. The molecule has 0 fully saturated rings. The average Bonchev–Trinajstić information content (AvgIpc) is 2.72. The minimum atomic E-state index is 0.598. The van der Waals surface area contributed by atoms with E-state index in [4.69, 9.17) is 16.3 Å². The number of nitrogens with one attached hydrogen (secondary N) is 1. The predicted molar refractivity (Wildman–Crippen MR) is 78.5 cm³/mol. The number of hydrogen-bond acceptors (Lipinski definition) is 3. The van der Waals surface area contributed by atoms with E-state index in [1.54, 1.807) is 7.11 Å². The maximum atomic E-state index is 6.01. The molecule has 0 bridgehead atoms. The third-order valence-corrected chi connectivity index (χ3v) is 3.08. The zero-order chi connectivity index (χ0) is 13.8. The van der Waals surface area contributed by atoms with E-state index in [0.29, 0.717) is 10.8 Å². The van der Waals surface area contributed by atoms with Gasteiger partial charge in [0, 0.05) is 24.5 Å². The molecule has 1 aromatic heterocycles. The second kappa shape index (κ2) is 5.97. The van der Waals surface area contributed by atoms with Crippen molar-refractivity contribution in [1.82, 2.24) is 9.55 Å². The Morgan fingerprint density at radius 1 is 1.42 bits per heavy atom. The van der Waals surface area contributed by atoms with Gasteiger partial charge in [-0.25, -0.2) is 4.98 Å². The van der Waals surface area contributed by atoms with Crippen LogP contribution >= 0.6 is 11.6 Å². The number of ether oxygens (including phenoxy) is 1. The normalized spacial score (nSPS) is 10.5. The highest BCUT2D eigenvalue weighted by molar-refractivity contribution is 6.32. The van der Waals surface area contributed by atoms with Crippen LogP contribution in [0.1, 0.15) is 19.0 Å². The first-order valence-electron chi connectivity index (χ1n) is 6.28. The van der Waals surface area contributed by atoms with Crippen molar-refractivity contribution in [3.63, 3.8) is 0 Å². The molecule has 0 saturated carbocycles. The summed E-state index contributed by atoms with van der Waals surface area (Å²) in [6.45, 7) is 5.07. The van der Waals surface area contributed by atoms with Crippen LogP contribution in [0.3, 0.4) is 0 Å². The zero-order valence-corrected chi connectivity index (χ0v) is 12.2. The van der Waals surface area contributed by atoms with Crippen molar-refractivity contribution in [2.24, 2.45) is 0 Å². The molecule has 0 aliphatic carbocycles. The van der Waals surface area contributed by atoms with Gasteiger partial charge in [0.25, 0.3) is 0 Å². The fourth-order valence-corrected chi connectivity index (χ4v) is 2.12. The molecule has 1 aromatic carbocycles. The number of nitrogens with zero attached hydrogens (tertiary/aromatic N) is 2. The van der Waals surface area contributed by atoms with Gasteiger partial charge in [-0.15, -0.1) is 0 Å². The van der Waals surface area contributed by atoms with Crippen molar-refractivity contribution in [3.8, 4) is 5.75 Å². The fraction of sp³-hybridized carbons (Fsp3) is 0.357. The van der Waals surface area contributed by atoms with Gasteiger partial charge in [-0.05, 0) is 25.5 Å². The zero-order valence-electron chi connectivity index (χ0n) is 11.4. The molecular weight excluding hydrogens is 262 g/mol. The summed E-state index contributed by atoms with van der Waals surface area (Å²) in [6.07, 6.45) is 3.10. The van der Waals surface area contributed by atoms with Crippen LogP contribution in [0.25, 0.3) is 0 Å². The molecular formula is C14H18ClN3O. The number of imidazole rings is 1. The SMILES string of the molecule is CCCn1cc(C)nc1Nc1ccc(Cl)c(OC)c1. The maximum Gasteiger partial charge on any atom is 0.207 e. The molecule has 0 atom stereocenters. The molecule has 0 aliphatic rings. The van der Waals surface area contributed by atoms with Crippen molar-refractivity contribution in [1.29, 1.82) is 0 Å². The van der Waals surface area contributed by atoms with Gasteiger partial charge in [-0.1, -0.05) is 18.5 Å². The van der Waals surface area contributed by atoms with Crippen LogP contribution in [0.15, 0.2) is 24.4 Å². The van der Waals surface area contributed by atoms with Gasteiger partial charge in [0.1, 0.15) is 5.75 Å². The summed E-state index contributed by atoms with van der Waals surface area (Å²) in [5, 5.41) is 3.89. The standard InChI is InChI=1S/C14H18ClN3O/c1-4-7-18-9-10(2)16-14(18)17-11-5-6-12(15)13(8-11)19-3/h5-6,8-9H,4,7H2,1-3H3,(H,16,17). The minimum Gasteiger partial charge on any atom is -0.495 e. The molecule has 19 heavy (non-hydrogen) atoms. The van der Waals surface area contributed by atoms with E-state index < -0.39 is 0 Å². The lowest BCUT2D eigenvalue weighted by Crippen LogP contribution is -2.02. The van der Waals surface area contributed by atoms with Crippen LogP contribution in [-0.4, -0.2) is 16.7 Å². The molecule has 1 heterocycles. The van der Waals surface area contributed by atoms with Crippen molar-refractivity contribution in [2.45, 2.75) is 26.8 Å². The van der Waals surface area contributed by atoms with E-state index in [1.165, 1.54) is 0 Å². The third kappa shape index (κ3) is 3.20. The Morgan fingerprint density at radius 3 is 2.89 bits per heavy atom. The number of aromatic nitrogens is 2. The first kappa shape index (κ1) is 13.7. The summed E-state index contributed by atoms with van der Waals surface area (Å²) in [5.41, 5.74) is 1.90. The molecule has 2 aromatic rings. The average molecular weight is 280 g/mol. The molecule has 4 nitrogen and oxygen atoms in total. The summed E-state index contributed by atoms with van der Waals surface area (Å²) in [6, 6.07) is 5.58. The summed E-state index contributed by atoms with van der Waals surface area (Å²) in [5.74, 6) is 1.49. The lowest BCUT2D eigenvalue weighted by molar-refractivity contribution is 0.415. The Hall–Kier alpha value is -1.68. The number of hydrogen-bond donors (Lipinski definition) is 1. The van der Waals surface area contributed by atoms with Crippen molar-refractivity contribution in [2.75, 3.05) is 12.4 Å². The van der Waals surface area contributed by atoms with Gasteiger partial charge in [-0.3, -0.25) is 0 Å². The summed E-state index contributed by atoms with van der Waals surface area (Å²) < 4.78 is 7.31. The molecule has 0 amide bonds. The monoisotopic (exact) mass is 279 g/mol. The topological polar surface area (TPSA) is 39.1 Å².